The van der Waals surface area contributed by atoms with Crippen LogP contribution in [0.1, 0.15) is 47.8 Å². The molecule has 1 unspecified atom stereocenters. The first-order valence-corrected chi connectivity index (χ1v) is 11.5. The summed E-state index contributed by atoms with van der Waals surface area (Å²) in [7, 11) is 0.565. The van der Waals surface area contributed by atoms with Gasteiger partial charge in [0.05, 0.1) is 11.8 Å². The molecule has 0 bridgehead atoms. The lowest BCUT2D eigenvalue weighted by atomic mass is 10.0. The molecule has 7 heteroatoms. The Kier molecular flexibility index (Phi) is 8.22. The van der Waals surface area contributed by atoms with Crippen LogP contribution in [0.25, 0.3) is 0 Å². The Morgan fingerprint density at radius 3 is 2.34 bits per heavy atom. The molecule has 0 aliphatic heterocycles. The molecule has 0 heterocycles. The number of carbonyl (C=O) groups excluding carboxylic acids is 1. The second-order valence-corrected chi connectivity index (χ2v) is 9.13. The Morgan fingerprint density at radius 2 is 1.76 bits per heavy atom. The maximum atomic E-state index is 12.6. The molecule has 2 aromatic carbocycles. The summed E-state index contributed by atoms with van der Waals surface area (Å²) in [5, 5.41) is 2.96. The van der Waals surface area contributed by atoms with E-state index in [4.69, 9.17) is 0 Å². The van der Waals surface area contributed by atoms with Crippen molar-refractivity contribution in [2.24, 2.45) is 0 Å². The van der Waals surface area contributed by atoms with Crippen LogP contribution in [-0.2, 0) is 16.4 Å². The van der Waals surface area contributed by atoms with Gasteiger partial charge in [-0.05, 0) is 56.3 Å². The summed E-state index contributed by atoms with van der Waals surface area (Å²) in [5.74, 6) is -0.191. The fraction of sp³-hybridized carbons (Fsp3) is 0.409. The number of carbonyl (C=O) groups is 1. The Morgan fingerprint density at radius 1 is 1.07 bits per heavy atom. The van der Waals surface area contributed by atoms with E-state index in [-0.39, 0.29) is 17.7 Å². The normalized spacial score (nSPS) is 12.6. The lowest BCUT2D eigenvalue weighted by molar-refractivity contribution is 0.0942. The Labute approximate surface area is 174 Å². The van der Waals surface area contributed by atoms with E-state index in [1.807, 2.05) is 14.1 Å². The lowest BCUT2D eigenvalue weighted by Gasteiger charge is -2.25. The minimum atomic E-state index is -3.39. The third kappa shape index (κ3) is 6.87. The molecule has 0 saturated heterocycles. The zero-order valence-corrected chi connectivity index (χ0v) is 18.4. The zero-order chi connectivity index (χ0) is 21.4. The van der Waals surface area contributed by atoms with Gasteiger partial charge in [0, 0.05) is 17.8 Å². The summed E-state index contributed by atoms with van der Waals surface area (Å²) in [5.41, 5.74) is 3.22. The molecular formula is C22H31N3O3S. The monoisotopic (exact) mass is 417 g/mol. The second kappa shape index (κ2) is 10.4. The number of nitrogens with one attached hydrogen (secondary N) is 2. The maximum absolute atomic E-state index is 12.6. The van der Waals surface area contributed by atoms with Crippen LogP contribution in [0.5, 0.6) is 0 Å². The van der Waals surface area contributed by atoms with Crippen molar-refractivity contribution in [3.8, 4) is 0 Å². The maximum Gasteiger partial charge on any atom is 0.251 e. The van der Waals surface area contributed by atoms with Crippen LogP contribution < -0.4 is 10.0 Å². The third-order valence-electron chi connectivity index (χ3n) is 4.72. The molecule has 29 heavy (non-hydrogen) atoms. The van der Waals surface area contributed by atoms with E-state index in [1.165, 1.54) is 5.56 Å². The Balaban J connectivity index is 2.07. The highest BCUT2D eigenvalue weighted by atomic mass is 32.2. The number of hydrogen-bond acceptors (Lipinski definition) is 4. The topological polar surface area (TPSA) is 78.5 Å². The van der Waals surface area contributed by atoms with Crippen molar-refractivity contribution in [1.82, 2.24) is 10.2 Å². The lowest BCUT2D eigenvalue weighted by Crippen LogP contribution is -2.34. The quantitative estimate of drug-likeness (QED) is 0.621. The van der Waals surface area contributed by atoms with E-state index in [0.29, 0.717) is 24.2 Å². The van der Waals surface area contributed by atoms with Gasteiger partial charge in [0.25, 0.3) is 5.91 Å². The number of likely N-dealkylation sites (N-methyl/N-ethyl adjacent to an activating group) is 1. The van der Waals surface area contributed by atoms with E-state index in [9.17, 15) is 13.2 Å². The van der Waals surface area contributed by atoms with Crippen LogP contribution in [-0.4, -0.2) is 45.6 Å². The molecule has 2 rings (SSSR count). The number of benzene rings is 2. The summed E-state index contributed by atoms with van der Waals surface area (Å²) >= 11 is 0. The van der Waals surface area contributed by atoms with Crippen molar-refractivity contribution in [2.45, 2.75) is 32.7 Å². The molecule has 158 valence electrons. The molecule has 2 aromatic rings. The standard InChI is InChI=1S/C22H31N3O3S/c1-5-14-29(27,28)24-20-9-7-8-19(15-20)22(26)23-16-21(25(3)4)18-12-10-17(6-2)11-13-18/h7-13,15,21,24H,5-6,14,16H2,1-4H3,(H,23,26). The van der Waals surface area contributed by atoms with Gasteiger partial charge in [-0.2, -0.15) is 0 Å². The fourth-order valence-corrected chi connectivity index (χ4v) is 4.21. The second-order valence-electron chi connectivity index (χ2n) is 7.29. The summed E-state index contributed by atoms with van der Waals surface area (Å²) in [6.07, 6.45) is 1.52. The van der Waals surface area contributed by atoms with Crippen molar-refractivity contribution in [3.63, 3.8) is 0 Å². The Hall–Kier alpha value is -2.38. The Bertz CT molecular complexity index is 909. The molecule has 0 saturated carbocycles. The van der Waals surface area contributed by atoms with E-state index < -0.39 is 10.0 Å². The number of nitrogens with zero attached hydrogens (tertiary/aromatic N) is 1. The summed E-state index contributed by atoms with van der Waals surface area (Å²) in [4.78, 5) is 14.7. The highest BCUT2D eigenvalue weighted by Gasteiger charge is 2.17. The number of rotatable bonds is 10. The van der Waals surface area contributed by atoms with Crippen LogP contribution >= 0.6 is 0 Å². The van der Waals surface area contributed by atoms with Crippen molar-refractivity contribution in [1.29, 1.82) is 0 Å². The molecule has 0 radical (unpaired) electrons. The van der Waals surface area contributed by atoms with E-state index in [0.717, 1.165) is 12.0 Å². The van der Waals surface area contributed by atoms with Gasteiger partial charge >= 0.3 is 0 Å². The first-order valence-electron chi connectivity index (χ1n) is 9.89. The van der Waals surface area contributed by atoms with Crippen LogP contribution in [0.2, 0.25) is 0 Å². The molecule has 2 N–H and O–H groups in total. The number of hydrogen-bond donors (Lipinski definition) is 2. The molecule has 0 fully saturated rings. The molecular weight excluding hydrogens is 386 g/mol. The van der Waals surface area contributed by atoms with Crippen molar-refractivity contribution in [2.75, 3.05) is 31.1 Å². The van der Waals surface area contributed by atoms with Gasteiger partial charge in [0.15, 0.2) is 0 Å². The first kappa shape index (κ1) is 22.9. The fourth-order valence-electron chi connectivity index (χ4n) is 3.09. The predicted octanol–water partition coefficient (Wildman–Crippen LogP) is 3.43. The van der Waals surface area contributed by atoms with Gasteiger partial charge < -0.3 is 10.2 Å². The van der Waals surface area contributed by atoms with Crippen LogP contribution in [0.4, 0.5) is 5.69 Å². The van der Waals surface area contributed by atoms with Gasteiger partial charge in [-0.1, -0.05) is 44.2 Å². The highest BCUT2D eigenvalue weighted by Crippen LogP contribution is 2.19. The first-order chi connectivity index (χ1) is 13.8. The zero-order valence-electron chi connectivity index (χ0n) is 17.6. The molecule has 1 amide bonds. The van der Waals surface area contributed by atoms with Gasteiger partial charge in [-0.3, -0.25) is 9.52 Å². The number of amides is 1. The van der Waals surface area contributed by atoms with Gasteiger partial charge in [-0.25, -0.2) is 8.42 Å². The van der Waals surface area contributed by atoms with Crippen LogP contribution in [0, 0.1) is 0 Å². The average molecular weight is 418 g/mol. The van der Waals surface area contributed by atoms with Crippen molar-refractivity contribution >= 4 is 21.6 Å². The summed E-state index contributed by atoms with van der Waals surface area (Å²) in [6, 6.07) is 15.0. The molecule has 6 nitrogen and oxygen atoms in total. The largest absolute Gasteiger partial charge is 0.350 e. The van der Waals surface area contributed by atoms with Crippen molar-refractivity contribution < 1.29 is 13.2 Å². The molecule has 1 atom stereocenters. The molecule has 0 aliphatic rings. The van der Waals surface area contributed by atoms with Crippen LogP contribution in [0.3, 0.4) is 0 Å². The third-order valence-corrected chi connectivity index (χ3v) is 6.22. The van der Waals surface area contributed by atoms with Crippen LogP contribution in [0.15, 0.2) is 48.5 Å². The van der Waals surface area contributed by atoms with E-state index in [1.54, 1.807) is 31.2 Å². The summed E-state index contributed by atoms with van der Waals surface area (Å²) in [6.45, 7) is 4.37. The average Bonchev–Trinajstić information content (AvgIpc) is 2.68. The smallest absolute Gasteiger partial charge is 0.251 e. The SMILES string of the molecule is CCCS(=O)(=O)Nc1cccc(C(=O)NCC(c2ccc(CC)cc2)N(C)C)c1. The van der Waals surface area contributed by atoms with Gasteiger partial charge in [-0.15, -0.1) is 0 Å². The number of sulfonamides is 1. The number of anilines is 1. The van der Waals surface area contributed by atoms with Crippen molar-refractivity contribution in [3.05, 3.63) is 65.2 Å². The van der Waals surface area contributed by atoms with Gasteiger partial charge in [0.1, 0.15) is 0 Å². The minimum absolute atomic E-state index is 0.0381. The number of aryl methyl sites for hydroxylation is 1. The van der Waals surface area contributed by atoms with E-state index >= 15 is 0 Å². The highest BCUT2D eigenvalue weighted by molar-refractivity contribution is 7.92. The molecule has 0 aliphatic carbocycles. The molecule has 0 spiro atoms. The predicted molar refractivity (Wildman–Crippen MR) is 119 cm³/mol. The van der Waals surface area contributed by atoms with Gasteiger partial charge in [0.2, 0.25) is 10.0 Å². The molecule has 0 aromatic heterocycles. The van der Waals surface area contributed by atoms with E-state index in [2.05, 4.69) is 46.1 Å². The summed E-state index contributed by atoms with van der Waals surface area (Å²) < 4.78 is 26.4. The minimum Gasteiger partial charge on any atom is -0.350 e.